The fourth-order valence-electron chi connectivity index (χ4n) is 2.25. The molecule has 1 saturated carbocycles. The molecule has 0 unspecified atom stereocenters. The maximum Gasteiger partial charge on any atom is 0.407 e. The first kappa shape index (κ1) is 16.8. The maximum atomic E-state index is 11.7. The summed E-state index contributed by atoms with van der Waals surface area (Å²) < 4.78 is 10.1. The van der Waals surface area contributed by atoms with Crippen LogP contribution < -0.4 is 5.32 Å². The van der Waals surface area contributed by atoms with Crippen molar-refractivity contribution in [2.75, 3.05) is 6.61 Å². The first-order valence-electron chi connectivity index (χ1n) is 7.07. The first-order valence-corrected chi connectivity index (χ1v) is 7.07. The van der Waals surface area contributed by atoms with Gasteiger partial charge in [-0.3, -0.25) is 4.79 Å². The second kappa shape index (κ2) is 6.92. The van der Waals surface area contributed by atoms with Gasteiger partial charge in [-0.25, -0.2) is 4.79 Å². The summed E-state index contributed by atoms with van der Waals surface area (Å²) in [4.78, 5) is 23.3. The lowest BCUT2D eigenvalue weighted by molar-refractivity contribution is -0.150. The van der Waals surface area contributed by atoms with Crippen LogP contribution in [-0.2, 0) is 14.3 Å². The minimum atomic E-state index is -0.759. The van der Waals surface area contributed by atoms with Gasteiger partial charge in [0.15, 0.2) is 0 Å². The molecule has 0 heterocycles. The SMILES string of the molecule is CCOC(=O)[C@H]1CC[C@H](NC(=O)OC(C)(C)C)[C@@H](O)C1. The van der Waals surface area contributed by atoms with Gasteiger partial charge in [0.25, 0.3) is 0 Å². The van der Waals surface area contributed by atoms with E-state index in [0.717, 1.165) is 0 Å². The molecule has 0 aliphatic heterocycles. The van der Waals surface area contributed by atoms with Crippen molar-refractivity contribution >= 4 is 12.1 Å². The molecule has 1 rings (SSSR count). The number of aliphatic hydroxyl groups excluding tert-OH is 1. The zero-order valence-corrected chi connectivity index (χ0v) is 12.6. The first-order chi connectivity index (χ1) is 9.23. The number of amides is 1. The molecule has 0 aromatic heterocycles. The Morgan fingerprint density at radius 1 is 1.30 bits per heavy atom. The summed E-state index contributed by atoms with van der Waals surface area (Å²) in [5.74, 6) is -0.566. The number of esters is 1. The van der Waals surface area contributed by atoms with E-state index in [0.29, 0.717) is 25.9 Å². The summed E-state index contributed by atoms with van der Waals surface area (Å²) in [6, 6.07) is -0.379. The highest BCUT2D eigenvalue weighted by molar-refractivity contribution is 5.73. The third-order valence-electron chi connectivity index (χ3n) is 3.14. The molecule has 0 aromatic rings. The van der Waals surface area contributed by atoms with Crippen LogP contribution >= 0.6 is 0 Å². The number of alkyl carbamates (subject to hydrolysis) is 1. The number of aliphatic hydroxyl groups is 1. The van der Waals surface area contributed by atoms with Gasteiger partial charge in [-0.15, -0.1) is 0 Å². The van der Waals surface area contributed by atoms with E-state index in [2.05, 4.69) is 5.32 Å². The van der Waals surface area contributed by atoms with Gasteiger partial charge >= 0.3 is 12.1 Å². The maximum absolute atomic E-state index is 11.7. The number of rotatable bonds is 3. The standard InChI is InChI=1S/C14H25NO5/c1-5-19-12(17)9-6-7-10(11(16)8-9)15-13(18)20-14(2,3)4/h9-11,16H,5-8H2,1-4H3,(H,15,18)/t9-,10-,11-/m0/s1. The van der Waals surface area contributed by atoms with E-state index < -0.39 is 17.8 Å². The van der Waals surface area contributed by atoms with Crippen molar-refractivity contribution in [1.29, 1.82) is 0 Å². The van der Waals surface area contributed by atoms with Gasteiger partial charge in [0, 0.05) is 0 Å². The number of carbonyl (C=O) groups is 2. The van der Waals surface area contributed by atoms with Crippen LogP contribution in [0.1, 0.15) is 47.0 Å². The smallest absolute Gasteiger partial charge is 0.407 e. The van der Waals surface area contributed by atoms with Crippen LogP contribution in [0.2, 0.25) is 0 Å². The van der Waals surface area contributed by atoms with Gasteiger partial charge in [0.2, 0.25) is 0 Å². The van der Waals surface area contributed by atoms with Crippen molar-refractivity contribution in [1.82, 2.24) is 5.32 Å². The Bertz CT molecular complexity index is 350. The molecule has 1 aliphatic rings. The van der Waals surface area contributed by atoms with Crippen molar-refractivity contribution in [2.45, 2.75) is 64.7 Å². The van der Waals surface area contributed by atoms with Gasteiger partial charge < -0.3 is 19.9 Å². The number of nitrogens with one attached hydrogen (secondary N) is 1. The van der Waals surface area contributed by atoms with E-state index >= 15 is 0 Å². The van der Waals surface area contributed by atoms with E-state index in [1.54, 1.807) is 27.7 Å². The molecule has 1 fully saturated rings. The Labute approximate surface area is 119 Å². The second-order valence-corrected chi connectivity index (χ2v) is 6.08. The van der Waals surface area contributed by atoms with E-state index in [1.165, 1.54) is 0 Å². The predicted octanol–water partition coefficient (Wildman–Crippen LogP) is 1.60. The Balaban J connectivity index is 2.45. The lowest BCUT2D eigenvalue weighted by Gasteiger charge is -2.33. The lowest BCUT2D eigenvalue weighted by atomic mass is 9.84. The Morgan fingerprint density at radius 3 is 2.45 bits per heavy atom. The summed E-state index contributed by atoms with van der Waals surface area (Å²) >= 11 is 0. The summed E-state index contributed by atoms with van der Waals surface area (Å²) in [5.41, 5.74) is -0.572. The van der Waals surface area contributed by atoms with Crippen LogP contribution in [0.4, 0.5) is 4.79 Å². The molecule has 0 radical (unpaired) electrons. The van der Waals surface area contributed by atoms with Crippen LogP contribution in [-0.4, -0.2) is 41.5 Å². The van der Waals surface area contributed by atoms with Crippen LogP contribution in [0.25, 0.3) is 0 Å². The van der Waals surface area contributed by atoms with Crippen molar-refractivity contribution in [3.8, 4) is 0 Å². The molecule has 1 aliphatic carbocycles. The van der Waals surface area contributed by atoms with Crippen LogP contribution in [0.5, 0.6) is 0 Å². The number of ether oxygens (including phenoxy) is 2. The lowest BCUT2D eigenvalue weighted by Crippen LogP contribution is -2.49. The highest BCUT2D eigenvalue weighted by atomic mass is 16.6. The third-order valence-corrected chi connectivity index (χ3v) is 3.14. The van der Waals surface area contributed by atoms with Crippen molar-refractivity contribution in [2.24, 2.45) is 5.92 Å². The molecular formula is C14H25NO5. The highest BCUT2D eigenvalue weighted by Gasteiger charge is 2.35. The van der Waals surface area contributed by atoms with E-state index in [-0.39, 0.29) is 17.9 Å². The molecule has 0 saturated heterocycles. The Kier molecular flexibility index (Phi) is 5.80. The predicted molar refractivity (Wildman–Crippen MR) is 73.1 cm³/mol. The zero-order chi connectivity index (χ0) is 15.3. The largest absolute Gasteiger partial charge is 0.466 e. The molecule has 0 spiro atoms. The molecule has 20 heavy (non-hydrogen) atoms. The number of hydrogen-bond acceptors (Lipinski definition) is 5. The monoisotopic (exact) mass is 287 g/mol. The summed E-state index contributed by atoms with van der Waals surface area (Å²) in [5, 5.41) is 12.7. The number of carbonyl (C=O) groups excluding carboxylic acids is 2. The van der Waals surface area contributed by atoms with Gasteiger partial charge in [-0.2, -0.15) is 0 Å². The summed E-state index contributed by atoms with van der Waals surface area (Å²) in [7, 11) is 0. The minimum Gasteiger partial charge on any atom is -0.466 e. The topological polar surface area (TPSA) is 84.9 Å². The summed E-state index contributed by atoms with van der Waals surface area (Å²) in [6.45, 7) is 7.43. The molecular weight excluding hydrogens is 262 g/mol. The molecule has 1 amide bonds. The van der Waals surface area contributed by atoms with Crippen molar-refractivity contribution in [3.63, 3.8) is 0 Å². The molecule has 6 heteroatoms. The second-order valence-electron chi connectivity index (χ2n) is 6.08. The van der Waals surface area contributed by atoms with E-state index in [1.807, 2.05) is 0 Å². The third kappa shape index (κ3) is 5.36. The van der Waals surface area contributed by atoms with Gasteiger partial charge in [-0.1, -0.05) is 0 Å². The van der Waals surface area contributed by atoms with Gasteiger partial charge in [0.05, 0.1) is 24.7 Å². The van der Waals surface area contributed by atoms with E-state index in [4.69, 9.17) is 9.47 Å². The van der Waals surface area contributed by atoms with Crippen LogP contribution in [0.3, 0.4) is 0 Å². The molecule has 0 bridgehead atoms. The minimum absolute atomic E-state index is 0.276. The molecule has 2 N–H and O–H groups in total. The average Bonchev–Trinajstić information content (AvgIpc) is 2.29. The van der Waals surface area contributed by atoms with Gasteiger partial charge in [0.1, 0.15) is 5.60 Å². The van der Waals surface area contributed by atoms with Crippen LogP contribution in [0.15, 0.2) is 0 Å². The fourth-order valence-corrected chi connectivity index (χ4v) is 2.25. The van der Waals surface area contributed by atoms with Crippen molar-refractivity contribution in [3.05, 3.63) is 0 Å². The van der Waals surface area contributed by atoms with Crippen molar-refractivity contribution < 1.29 is 24.2 Å². The molecule has 116 valence electrons. The fraction of sp³-hybridized carbons (Fsp3) is 0.857. The summed E-state index contributed by atoms with van der Waals surface area (Å²) in [6.07, 6.45) is 0.126. The molecule has 3 atom stereocenters. The average molecular weight is 287 g/mol. The quantitative estimate of drug-likeness (QED) is 0.770. The molecule has 0 aromatic carbocycles. The highest BCUT2D eigenvalue weighted by Crippen LogP contribution is 2.26. The zero-order valence-electron chi connectivity index (χ0n) is 12.6. The Hall–Kier alpha value is -1.30. The molecule has 6 nitrogen and oxygen atoms in total. The van der Waals surface area contributed by atoms with Crippen LogP contribution in [0, 0.1) is 5.92 Å². The number of hydrogen-bond donors (Lipinski definition) is 2. The Morgan fingerprint density at radius 2 is 1.95 bits per heavy atom. The van der Waals surface area contributed by atoms with E-state index in [9.17, 15) is 14.7 Å². The van der Waals surface area contributed by atoms with Gasteiger partial charge in [-0.05, 0) is 47.0 Å². The normalized spacial score (nSPS) is 26.8.